The lowest BCUT2D eigenvalue weighted by Gasteiger charge is -2.44. The van der Waals surface area contributed by atoms with Crippen molar-refractivity contribution in [3.63, 3.8) is 0 Å². The molecule has 1 spiro atoms. The van der Waals surface area contributed by atoms with Crippen molar-refractivity contribution in [3.05, 3.63) is 35.9 Å². The number of alkyl halides is 1. The van der Waals surface area contributed by atoms with E-state index in [0.29, 0.717) is 25.9 Å². The van der Waals surface area contributed by atoms with Gasteiger partial charge in [-0.25, -0.2) is 9.18 Å². The zero-order chi connectivity index (χ0) is 13.5. The van der Waals surface area contributed by atoms with Gasteiger partial charge in [-0.3, -0.25) is 4.90 Å². The minimum atomic E-state index is -2.07. The fourth-order valence-electron chi connectivity index (χ4n) is 3.49. The minimum absolute atomic E-state index is 0.0111. The zero-order valence-electron chi connectivity index (χ0n) is 10.8. The molecule has 1 saturated heterocycles. The second kappa shape index (κ2) is 4.30. The van der Waals surface area contributed by atoms with Crippen LogP contribution in [0.25, 0.3) is 0 Å². The Bertz CT molecular complexity index is 486. The smallest absolute Gasteiger partial charge is 0.343 e. The number of hydrogen-bond donors (Lipinski definition) is 1. The number of halogens is 1. The highest BCUT2D eigenvalue weighted by Crippen LogP contribution is 2.56. The SMILES string of the molecule is O=C(O)C1(F)CN(Cc2ccccc2)CC12CCC2. The zero-order valence-corrected chi connectivity index (χ0v) is 10.8. The number of carboxylic acid groups (broad SMARTS) is 1. The number of rotatable bonds is 3. The molecule has 1 saturated carbocycles. The molecule has 3 nitrogen and oxygen atoms in total. The third-order valence-corrected chi connectivity index (χ3v) is 4.71. The summed E-state index contributed by atoms with van der Waals surface area (Å²) in [6.07, 6.45) is 2.33. The predicted molar refractivity (Wildman–Crippen MR) is 69.5 cm³/mol. The lowest BCUT2D eigenvalue weighted by Crippen LogP contribution is -2.53. The molecule has 19 heavy (non-hydrogen) atoms. The summed E-state index contributed by atoms with van der Waals surface area (Å²) in [5.74, 6) is -1.29. The summed E-state index contributed by atoms with van der Waals surface area (Å²) < 4.78 is 14.8. The van der Waals surface area contributed by atoms with E-state index in [4.69, 9.17) is 0 Å². The highest BCUT2D eigenvalue weighted by atomic mass is 19.1. The van der Waals surface area contributed by atoms with E-state index in [1.54, 1.807) is 0 Å². The van der Waals surface area contributed by atoms with E-state index < -0.39 is 17.1 Å². The summed E-state index contributed by atoms with van der Waals surface area (Å²) in [5, 5.41) is 9.26. The van der Waals surface area contributed by atoms with E-state index in [2.05, 4.69) is 0 Å². The number of aliphatic carboxylic acids is 1. The molecule has 1 aliphatic carbocycles. The maximum absolute atomic E-state index is 14.8. The largest absolute Gasteiger partial charge is 0.479 e. The fourth-order valence-corrected chi connectivity index (χ4v) is 3.49. The molecule has 2 fully saturated rings. The third-order valence-electron chi connectivity index (χ3n) is 4.71. The second-order valence-electron chi connectivity index (χ2n) is 5.87. The van der Waals surface area contributed by atoms with Gasteiger partial charge >= 0.3 is 5.97 Å². The Morgan fingerprint density at radius 2 is 1.95 bits per heavy atom. The molecule has 3 rings (SSSR count). The van der Waals surface area contributed by atoms with Crippen molar-refractivity contribution in [3.8, 4) is 0 Å². The van der Waals surface area contributed by atoms with Crippen LogP contribution in [0.3, 0.4) is 0 Å². The number of carbonyl (C=O) groups is 1. The van der Waals surface area contributed by atoms with Crippen LogP contribution in [-0.2, 0) is 11.3 Å². The molecule has 2 aliphatic rings. The molecule has 1 heterocycles. The van der Waals surface area contributed by atoms with Crippen molar-refractivity contribution in [2.24, 2.45) is 5.41 Å². The Labute approximate surface area is 112 Å². The molecular weight excluding hydrogens is 245 g/mol. The number of hydrogen-bond acceptors (Lipinski definition) is 2. The van der Waals surface area contributed by atoms with E-state index in [-0.39, 0.29) is 6.54 Å². The van der Waals surface area contributed by atoms with Crippen LogP contribution in [0.15, 0.2) is 30.3 Å². The van der Waals surface area contributed by atoms with Crippen molar-refractivity contribution in [1.82, 2.24) is 4.90 Å². The van der Waals surface area contributed by atoms with Gasteiger partial charge in [-0.2, -0.15) is 0 Å². The maximum atomic E-state index is 14.8. The molecule has 1 aromatic carbocycles. The van der Waals surface area contributed by atoms with E-state index >= 15 is 0 Å². The van der Waals surface area contributed by atoms with Crippen molar-refractivity contribution >= 4 is 5.97 Å². The first kappa shape index (κ1) is 12.6. The Balaban J connectivity index is 1.79. The Kier molecular flexibility index (Phi) is 2.86. The van der Waals surface area contributed by atoms with Crippen LogP contribution in [0.1, 0.15) is 24.8 Å². The van der Waals surface area contributed by atoms with E-state index in [1.807, 2.05) is 35.2 Å². The standard InChI is InChI=1S/C15H18FNO2/c16-15(13(18)19)11-17(10-14(15)7-4-8-14)9-12-5-2-1-3-6-12/h1-3,5-6H,4,7-11H2,(H,18,19). The first-order chi connectivity index (χ1) is 9.06. The average molecular weight is 263 g/mol. The van der Waals surface area contributed by atoms with Crippen LogP contribution in [0.2, 0.25) is 0 Å². The lowest BCUT2D eigenvalue weighted by atomic mass is 9.61. The molecule has 1 unspecified atom stereocenters. The predicted octanol–water partition coefficient (Wildman–Crippen LogP) is 2.47. The monoisotopic (exact) mass is 263 g/mol. The summed E-state index contributed by atoms with van der Waals surface area (Å²) in [6.45, 7) is 1.20. The summed E-state index contributed by atoms with van der Waals surface area (Å²) in [4.78, 5) is 13.3. The van der Waals surface area contributed by atoms with Gasteiger partial charge in [0.15, 0.2) is 0 Å². The van der Waals surface area contributed by atoms with Crippen LogP contribution in [0.4, 0.5) is 4.39 Å². The molecule has 102 valence electrons. The number of benzene rings is 1. The van der Waals surface area contributed by atoms with Gasteiger partial charge in [0, 0.05) is 25.0 Å². The van der Waals surface area contributed by atoms with Crippen LogP contribution in [0.5, 0.6) is 0 Å². The second-order valence-corrected chi connectivity index (χ2v) is 5.87. The fraction of sp³-hybridized carbons (Fsp3) is 0.533. The summed E-state index contributed by atoms with van der Waals surface area (Å²) in [6, 6.07) is 9.82. The molecule has 4 heteroatoms. The van der Waals surface area contributed by atoms with Gasteiger partial charge < -0.3 is 5.11 Å². The summed E-state index contributed by atoms with van der Waals surface area (Å²) >= 11 is 0. The van der Waals surface area contributed by atoms with Gasteiger partial charge in [0.2, 0.25) is 5.67 Å². The van der Waals surface area contributed by atoms with Gasteiger partial charge in [0.1, 0.15) is 0 Å². The number of nitrogens with zero attached hydrogens (tertiary/aromatic N) is 1. The summed E-state index contributed by atoms with van der Waals surface area (Å²) in [7, 11) is 0. The number of likely N-dealkylation sites (tertiary alicyclic amines) is 1. The topological polar surface area (TPSA) is 40.5 Å². The normalized spacial score (nSPS) is 29.3. The van der Waals surface area contributed by atoms with E-state index in [1.165, 1.54) is 0 Å². The Morgan fingerprint density at radius 3 is 2.42 bits per heavy atom. The molecule has 0 amide bonds. The quantitative estimate of drug-likeness (QED) is 0.910. The van der Waals surface area contributed by atoms with Gasteiger partial charge in [0.25, 0.3) is 0 Å². The van der Waals surface area contributed by atoms with Crippen molar-refractivity contribution < 1.29 is 14.3 Å². The van der Waals surface area contributed by atoms with Gasteiger partial charge in [0.05, 0.1) is 0 Å². The van der Waals surface area contributed by atoms with Crippen LogP contribution in [-0.4, -0.2) is 34.7 Å². The first-order valence-corrected chi connectivity index (χ1v) is 6.74. The molecule has 1 atom stereocenters. The van der Waals surface area contributed by atoms with Crippen LogP contribution < -0.4 is 0 Å². The van der Waals surface area contributed by atoms with Crippen LogP contribution >= 0.6 is 0 Å². The Morgan fingerprint density at radius 1 is 1.26 bits per heavy atom. The third kappa shape index (κ3) is 1.86. The van der Waals surface area contributed by atoms with Crippen LogP contribution in [0, 0.1) is 5.41 Å². The highest BCUT2D eigenvalue weighted by Gasteiger charge is 2.65. The maximum Gasteiger partial charge on any atom is 0.343 e. The lowest BCUT2D eigenvalue weighted by molar-refractivity contribution is -0.162. The van der Waals surface area contributed by atoms with Gasteiger partial charge in [-0.15, -0.1) is 0 Å². The van der Waals surface area contributed by atoms with E-state index in [0.717, 1.165) is 12.0 Å². The van der Waals surface area contributed by atoms with E-state index in [9.17, 15) is 14.3 Å². The van der Waals surface area contributed by atoms with Crippen molar-refractivity contribution in [1.29, 1.82) is 0 Å². The summed E-state index contributed by atoms with van der Waals surface area (Å²) in [5.41, 5.74) is -1.61. The Hall–Kier alpha value is -1.42. The minimum Gasteiger partial charge on any atom is -0.479 e. The van der Waals surface area contributed by atoms with Crippen molar-refractivity contribution in [2.75, 3.05) is 13.1 Å². The molecule has 1 N–H and O–H groups in total. The molecule has 0 radical (unpaired) electrons. The molecule has 0 aromatic heterocycles. The molecule has 0 bridgehead atoms. The molecule has 1 aromatic rings. The molecule has 1 aliphatic heterocycles. The molecular formula is C15H18FNO2. The highest BCUT2D eigenvalue weighted by molar-refractivity contribution is 5.80. The van der Waals surface area contributed by atoms with Crippen molar-refractivity contribution in [2.45, 2.75) is 31.5 Å². The number of carboxylic acids is 1. The van der Waals surface area contributed by atoms with Gasteiger partial charge in [-0.1, -0.05) is 36.8 Å². The first-order valence-electron chi connectivity index (χ1n) is 6.74. The average Bonchev–Trinajstić information content (AvgIpc) is 2.65. The van der Waals surface area contributed by atoms with Gasteiger partial charge in [-0.05, 0) is 18.4 Å².